The van der Waals surface area contributed by atoms with E-state index in [0.29, 0.717) is 39.5 Å². The monoisotopic (exact) mass is 353 g/mol. The summed E-state index contributed by atoms with van der Waals surface area (Å²) in [6.07, 6.45) is 1.47. The molecule has 0 radical (unpaired) electrons. The first kappa shape index (κ1) is 17.7. The molecule has 0 bridgehead atoms. The topological polar surface area (TPSA) is 102 Å². The van der Waals surface area contributed by atoms with Crippen LogP contribution in [0.2, 0.25) is 0 Å². The summed E-state index contributed by atoms with van der Waals surface area (Å²) < 4.78 is 15.7. The highest BCUT2D eigenvalue weighted by molar-refractivity contribution is 8.18. The third-order valence-electron chi connectivity index (χ3n) is 3.15. The van der Waals surface area contributed by atoms with Crippen molar-refractivity contribution in [1.82, 2.24) is 4.90 Å². The lowest BCUT2D eigenvalue weighted by molar-refractivity contribution is -0.140. The third kappa shape index (κ3) is 3.46. The van der Waals surface area contributed by atoms with E-state index in [4.69, 9.17) is 19.3 Å². The smallest absolute Gasteiger partial charge is 0.323 e. The molecule has 0 spiro atoms. The highest BCUT2D eigenvalue weighted by Crippen LogP contribution is 2.40. The van der Waals surface area contributed by atoms with Gasteiger partial charge >= 0.3 is 5.97 Å². The van der Waals surface area contributed by atoms with Gasteiger partial charge in [0, 0.05) is 0 Å². The van der Waals surface area contributed by atoms with Gasteiger partial charge in [0.05, 0.1) is 26.2 Å². The Hall–Kier alpha value is -2.68. The van der Waals surface area contributed by atoms with Gasteiger partial charge in [-0.05, 0) is 35.5 Å². The van der Waals surface area contributed by atoms with E-state index in [9.17, 15) is 14.4 Å². The summed E-state index contributed by atoms with van der Waals surface area (Å²) in [5.41, 5.74) is 0.547. The summed E-state index contributed by atoms with van der Waals surface area (Å²) in [5, 5.41) is 8.13. The number of methoxy groups -OCH3 is 3. The molecular weight excluding hydrogens is 338 g/mol. The largest absolute Gasteiger partial charge is 0.493 e. The number of hydrogen-bond acceptors (Lipinski definition) is 7. The number of carbonyl (C=O) groups is 3. The molecule has 1 saturated heterocycles. The molecule has 0 atom stereocenters. The fraction of sp³-hybridized carbons (Fsp3) is 0.267. The Morgan fingerprint density at radius 2 is 1.75 bits per heavy atom. The van der Waals surface area contributed by atoms with Crippen LogP contribution in [0.5, 0.6) is 17.2 Å². The minimum Gasteiger partial charge on any atom is -0.493 e. The van der Waals surface area contributed by atoms with Crippen LogP contribution in [-0.4, -0.2) is 55.0 Å². The Kier molecular flexibility index (Phi) is 5.35. The van der Waals surface area contributed by atoms with Gasteiger partial charge < -0.3 is 19.3 Å². The molecular formula is C15H15NO7S. The molecule has 0 unspecified atom stereocenters. The standard InChI is InChI=1S/C15H15NO7S/c1-21-9-4-8(5-10(22-2)13(9)23-3)6-11-14(19)16(7-12(17)18)15(20)24-11/h4-6H,7H2,1-3H3,(H,17,18)/b11-6+. The molecule has 1 aliphatic heterocycles. The molecule has 0 saturated carbocycles. The lowest BCUT2D eigenvalue weighted by Gasteiger charge is -2.13. The number of ether oxygens (including phenoxy) is 3. The van der Waals surface area contributed by atoms with Crippen molar-refractivity contribution in [2.45, 2.75) is 0 Å². The second-order valence-corrected chi connectivity index (χ2v) is 5.61. The lowest BCUT2D eigenvalue weighted by atomic mass is 10.1. The number of thioether (sulfide) groups is 1. The van der Waals surface area contributed by atoms with Crippen LogP contribution in [0.3, 0.4) is 0 Å². The summed E-state index contributed by atoms with van der Waals surface area (Å²) in [4.78, 5) is 35.4. The van der Waals surface area contributed by atoms with Crippen LogP contribution in [0.1, 0.15) is 5.56 Å². The summed E-state index contributed by atoms with van der Waals surface area (Å²) in [6, 6.07) is 3.24. The van der Waals surface area contributed by atoms with Crippen LogP contribution in [0.4, 0.5) is 4.79 Å². The maximum absolute atomic E-state index is 12.2. The second kappa shape index (κ2) is 7.26. The predicted molar refractivity (Wildman–Crippen MR) is 86.4 cm³/mol. The van der Waals surface area contributed by atoms with Crippen molar-refractivity contribution < 1.29 is 33.7 Å². The van der Waals surface area contributed by atoms with Crippen molar-refractivity contribution in [1.29, 1.82) is 0 Å². The van der Waals surface area contributed by atoms with Gasteiger partial charge in [-0.25, -0.2) is 0 Å². The molecule has 1 aliphatic rings. The van der Waals surface area contributed by atoms with E-state index < -0.39 is 23.7 Å². The molecule has 9 heteroatoms. The zero-order valence-corrected chi connectivity index (χ0v) is 14.0. The van der Waals surface area contributed by atoms with Gasteiger partial charge in [-0.15, -0.1) is 0 Å². The van der Waals surface area contributed by atoms with Gasteiger partial charge in [0.25, 0.3) is 11.1 Å². The normalized spacial score (nSPS) is 15.8. The number of hydrogen-bond donors (Lipinski definition) is 1. The maximum Gasteiger partial charge on any atom is 0.323 e. The molecule has 24 heavy (non-hydrogen) atoms. The Morgan fingerprint density at radius 1 is 1.17 bits per heavy atom. The van der Waals surface area contributed by atoms with Gasteiger partial charge in [0.1, 0.15) is 6.54 Å². The van der Waals surface area contributed by atoms with E-state index in [0.717, 1.165) is 0 Å². The molecule has 1 fully saturated rings. The number of carboxylic acid groups (broad SMARTS) is 1. The molecule has 0 aliphatic carbocycles. The van der Waals surface area contributed by atoms with Crippen LogP contribution in [0, 0.1) is 0 Å². The molecule has 1 aromatic carbocycles. The van der Waals surface area contributed by atoms with Crippen LogP contribution in [0.15, 0.2) is 17.0 Å². The number of benzene rings is 1. The zero-order valence-electron chi connectivity index (χ0n) is 13.2. The highest BCUT2D eigenvalue weighted by atomic mass is 32.2. The molecule has 2 rings (SSSR count). The Morgan fingerprint density at radius 3 is 2.21 bits per heavy atom. The number of carboxylic acids is 1. The number of aliphatic carboxylic acids is 1. The van der Waals surface area contributed by atoms with E-state index in [1.165, 1.54) is 27.4 Å². The molecule has 2 amide bonds. The van der Waals surface area contributed by atoms with Crippen molar-refractivity contribution in [3.8, 4) is 17.2 Å². The van der Waals surface area contributed by atoms with Gasteiger partial charge in [-0.1, -0.05) is 0 Å². The second-order valence-electron chi connectivity index (χ2n) is 4.62. The maximum atomic E-state index is 12.2. The quantitative estimate of drug-likeness (QED) is 0.773. The van der Waals surface area contributed by atoms with Gasteiger partial charge in [0.15, 0.2) is 11.5 Å². The number of amides is 2. The van der Waals surface area contributed by atoms with E-state index in [1.807, 2.05) is 0 Å². The number of imide groups is 1. The van der Waals surface area contributed by atoms with E-state index in [-0.39, 0.29) is 4.91 Å². The van der Waals surface area contributed by atoms with Crippen molar-refractivity contribution >= 4 is 35.0 Å². The average Bonchev–Trinajstić information content (AvgIpc) is 2.80. The van der Waals surface area contributed by atoms with Crippen LogP contribution < -0.4 is 14.2 Å². The molecule has 0 aromatic heterocycles. The van der Waals surface area contributed by atoms with Gasteiger partial charge in [0.2, 0.25) is 5.75 Å². The summed E-state index contributed by atoms with van der Waals surface area (Å²) in [6.45, 7) is -0.669. The summed E-state index contributed by atoms with van der Waals surface area (Å²) >= 11 is 0.678. The van der Waals surface area contributed by atoms with E-state index >= 15 is 0 Å². The van der Waals surface area contributed by atoms with Crippen LogP contribution >= 0.6 is 11.8 Å². The predicted octanol–water partition coefficient (Wildman–Crippen LogP) is 1.83. The van der Waals surface area contributed by atoms with E-state index in [1.54, 1.807) is 12.1 Å². The first-order valence-corrected chi connectivity index (χ1v) is 7.50. The Labute approximate surface area is 142 Å². The van der Waals surface area contributed by atoms with Crippen LogP contribution in [0.25, 0.3) is 6.08 Å². The molecule has 8 nitrogen and oxygen atoms in total. The van der Waals surface area contributed by atoms with Crippen molar-refractivity contribution in [2.24, 2.45) is 0 Å². The molecule has 1 heterocycles. The van der Waals surface area contributed by atoms with Gasteiger partial charge in [-0.3, -0.25) is 19.3 Å². The first-order valence-electron chi connectivity index (χ1n) is 6.68. The lowest BCUT2D eigenvalue weighted by Crippen LogP contribution is -2.33. The van der Waals surface area contributed by atoms with Crippen LogP contribution in [-0.2, 0) is 9.59 Å². The summed E-state index contributed by atoms with van der Waals surface area (Å²) in [7, 11) is 4.39. The minimum atomic E-state index is -1.26. The van der Waals surface area contributed by atoms with Gasteiger partial charge in [-0.2, -0.15) is 0 Å². The number of carbonyl (C=O) groups excluding carboxylic acids is 2. The average molecular weight is 353 g/mol. The Balaban J connectivity index is 2.39. The first-order chi connectivity index (χ1) is 11.4. The Bertz CT molecular complexity index is 704. The van der Waals surface area contributed by atoms with Crippen molar-refractivity contribution in [3.05, 3.63) is 22.6 Å². The SMILES string of the molecule is COc1cc(/C=C2/SC(=O)N(CC(=O)O)C2=O)cc(OC)c1OC. The number of nitrogens with zero attached hydrogens (tertiary/aromatic N) is 1. The molecule has 1 N–H and O–H groups in total. The molecule has 128 valence electrons. The van der Waals surface area contributed by atoms with Crippen molar-refractivity contribution in [3.63, 3.8) is 0 Å². The fourth-order valence-corrected chi connectivity index (χ4v) is 2.95. The molecule has 1 aromatic rings. The minimum absolute atomic E-state index is 0.121. The fourth-order valence-electron chi connectivity index (χ4n) is 2.11. The summed E-state index contributed by atoms with van der Waals surface area (Å²) in [5.74, 6) is -0.718. The zero-order chi connectivity index (χ0) is 17.9. The number of rotatable bonds is 6. The highest BCUT2D eigenvalue weighted by Gasteiger charge is 2.36. The van der Waals surface area contributed by atoms with E-state index in [2.05, 4.69) is 0 Å². The third-order valence-corrected chi connectivity index (χ3v) is 4.06. The van der Waals surface area contributed by atoms with Crippen molar-refractivity contribution in [2.75, 3.05) is 27.9 Å².